The smallest absolute Gasteiger partial charge is 0.127 e. The van der Waals surface area contributed by atoms with Crippen LogP contribution < -0.4 is 10.1 Å². The molecule has 2 aromatic carbocycles. The first-order chi connectivity index (χ1) is 10.2. The topological polar surface area (TPSA) is 21.3 Å². The van der Waals surface area contributed by atoms with Gasteiger partial charge in [0.25, 0.3) is 0 Å². The summed E-state index contributed by atoms with van der Waals surface area (Å²) in [6.07, 6.45) is 0.891. The molecule has 1 N–H and O–H groups in total. The van der Waals surface area contributed by atoms with Crippen molar-refractivity contribution in [3.05, 3.63) is 65.0 Å². The second-order valence-corrected chi connectivity index (χ2v) is 5.19. The fraction of sp³-hybridized carbons (Fsp3) is 0.333. The number of benzene rings is 2. The van der Waals surface area contributed by atoms with Gasteiger partial charge in [0.05, 0.1) is 6.61 Å². The lowest BCUT2D eigenvalue weighted by Crippen LogP contribution is -2.18. The van der Waals surface area contributed by atoms with Crippen molar-refractivity contribution in [3.63, 3.8) is 0 Å². The zero-order chi connectivity index (χ0) is 15.1. The molecular weight excluding hydrogens is 265 g/mol. The first-order valence-corrected chi connectivity index (χ1v) is 7.31. The molecule has 0 radical (unpaired) electrons. The highest BCUT2D eigenvalue weighted by atomic mass is 19.1. The van der Waals surface area contributed by atoms with E-state index in [0.29, 0.717) is 18.7 Å². The van der Waals surface area contributed by atoms with Gasteiger partial charge >= 0.3 is 0 Å². The normalized spacial score (nSPS) is 10.6. The van der Waals surface area contributed by atoms with Crippen molar-refractivity contribution in [2.75, 3.05) is 13.2 Å². The number of para-hydroxylation sites is 1. The third-order valence-corrected chi connectivity index (χ3v) is 3.43. The van der Waals surface area contributed by atoms with Crippen LogP contribution in [0, 0.1) is 19.7 Å². The molecule has 0 aliphatic rings. The van der Waals surface area contributed by atoms with Crippen LogP contribution in [0.3, 0.4) is 0 Å². The molecule has 0 aromatic heterocycles. The van der Waals surface area contributed by atoms with Gasteiger partial charge in [-0.1, -0.05) is 36.4 Å². The van der Waals surface area contributed by atoms with E-state index in [4.69, 9.17) is 4.74 Å². The van der Waals surface area contributed by atoms with Gasteiger partial charge < -0.3 is 10.1 Å². The number of halogens is 1. The Bertz CT molecular complexity index is 563. The number of nitrogens with one attached hydrogen (secondary N) is 1. The molecule has 0 spiro atoms. The van der Waals surface area contributed by atoms with Crippen molar-refractivity contribution in [1.29, 1.82) is 0 Å². The third-order valence-electron chi connectivity index (χ3n) is 3.43. The van der Waals surface area contributed by atoms with Crippen molar-refractivity contribution in [2.24, 2.45) is 0 Å². The average molecular weight is 287 g/mol. The average Bonchev–Trinajstić information content (AvgIpc) is 2.47. The van der Waals surface area contributed by atoms with Gasteiger partial charge in [0.15, 0.2) is 0 Å². The summed E-state index contributed by atoms with van der Waals surface area (Å²) in [5, 5.41) is 3.24. The van der Waals surface area contributed by atoms with Crippen LogP contribution in [-0.2, 0) is 6.54 Å². The highest BCUT2D eigenvalue weighted by Gasteiger charge is 2.03. The quantitative estimate of drug-likeness (QED) is 0.777. The molecule has 2 nitrogen and oxygen atoms in total. The van der Waals surface area contributed by atoms with Gasteiger partial charge in [0.1, 0.15) is 11.6 Å². The van der Waals surface area contributed by atoms with Crippen molar-refractivity contribution >= 4 is 0 Å². The number of rotatable bonds is 7. The van der Waals surface area contributed by atoms with Crippen molar-refractivity contribution in [2.45, 2.75) is 26.8 Å². The van der Waals surface area contributed by atoms with E-state index >= 15 is 0 Å². The SMILES string of the molecule is Cc1cccc(C)c1OCCCNCc1ccccc1F. The second kappa shape index (κ2) is 7.79. The molecular formula is C18H22FNO. The predicted molar refractivity (Wildman–Crippen MR) is 84.1 cm³/mol. The second-order valence-electron chi connectivity index (χ2n) is 5.19. The number of ether oxygens (including phenoxy) is 1. The summed E-state index contributed by atoms with van der Waals surface area (Å²) in [4.78, 5) is 0. The highest BCUT2D eigenvalue weighted by Crippen LogP contribution is 2.22. The van der Waals surface area contributed by atoms with E-state index in [1.165, 1.54) is 6.07 Å². The first kappa shape index (κ1) is 15.5. The summed E-state index contributed by atoms with van der Waals surface area (Å²) in [6, 6.07) is 13.0. The Hall–Kier alpha value is -1.87. The van der Waals surface area contributed by atoms with Crippen molar-refractivity contribution in [3.8, 4) is 5.75 Å². The summed E-state index contributed by atoms with van der Waals surface area (Å²) < 4.78 is 19.2. The van der Waals surface area contributed by atoms with Gasteiger partial charge in [-0.2, -0.15) is 0 Å². The summed E-state index contributed by atoms with van der Waals surface area (Å²) >= 11 is 0. The summed E-state index contributed by atoms with van der Waals surface area (Å²) in [6.45, 7) is 6.13. The molecule has 0 bridgehead atoms. The molecule has 0 atom stereocenters. The van der Waals surface area contributed by atoms with E-state index in [2.05, 4.69) is 31.3 Å². The van der Waals surface area contributed by atoms with Gasteiger partial charge in [-0.3, -0.25) is 0 Å². The van der Waals surface area contributed by atoms with Crippen LogP contribution in [0.2, 0.25) is 0 Å². The van der Waals surface area contributed by atoms with Crippen LogP contribution in [0.5, 0.6) is 5.75 Å². The number of hydrogen-bond donors (Lipinski definition) is 1. The van der Waals surface area contributed by atoms with Crippen molar-refractivity contribution < 1.29 is 9.13 Å². The van der Waals surface area contributed by atoms with E-state index < -0.39 is 0 Å². The van der Waals surface area contributed by atoms with E-state index in [0.717, 1.165) is 29.8 Å². The van der Waals surface area contributed by atoms with Crippen molar-refractivity contribution in [1.82, 2.24) is 5.32 Å². The molecule has 0 amide bonds. The van der Waals surface area contributed by atoms with E-state index in [1.54, 1.807) is 12.1 Å². The highest BCUT2D eigenvalue weighted by molar-refractivity contribution is 5.39. The minimum atomic E-state index is -0.156. The Morgan fingerprint density at radius 2 is 1.71 bits per heavy atom. The third kappa shape index (κ3) is 4.57. The molecule has 112 valence electrons. The van der Waals surface area contributed by atoms with Gasteiger partial charge in [-0.25, -0.2) is 4.39 Å². The van der Waals surface area contributed by atoms with Gasteiger partial charge in [-0.15, -0.1) is 0 Å². The Kier molecular flexibility index (Phi) is 5.76. The van der Waals surface area contributed by atoms with Crippen LogP contribution in [0.1, 0.15) is 23.1 Å². The molecule has 2 aromatic rings. The molecule has 0 saturated carbocycles. The lowest BCUT2D eigenvalue weighted by molar-refractivity contribution is 0.304. The maximum atomic E-state index is 13.4. The zero-order valence-corrected chi connectivity index (χ0v) is 12.7. The van der Waals surface area contributed by atoms with E-state index in [9.17, 15) is 4.39 Å². The van der Waals surface area contributed by atoms with E-state index in [-0.39, 0.29) is 5.82 Å². The minimum absolute atomic E-state index is 0.156. The predicted octanol–water partition coefficient (Wildman–Crippen LogP) is 4.00. The number of aryl methyl sites for hydroxylation is 2. The minimum Gasteiger partial charge on any atom is -0.493 e. The standard InChI is InChI=1S/C18H22FNO/c1-14-7-5-8-15(2)18(14)21-12-6-11-20-13-16-9-3-4-10-17(16)19/h3-5,7-10,20H,6,11-13H2,1-2H3. The maximum Gasteiger partial charge on any atom is 0.127 e. The van der Waals surface area contributed by atoms with Gasteiger partial charge in [0.2, 0.25) is 0 Å². The molecule has 0 unspecified atom stereocenters. The fourth-order valence-corrected chi connectivity index (χ4v) is 2.26. The van der Waals surface area contributed by atoms with Crippen LogP contribution in [0.15, 0.2) is 42.5 Å². The van der Waals surface area contributed by atoms with Crippen LogP contribution in [0.25, 0.3) is 0 Å². The monoisotopic (exact) mass is 287 g/mol. The summed E-state index contributed by atoms with van der Waals surface area (Å²) in [7, 11) is 0. The van der Waals surface area contributed by atoms with Crippen LogP contribution in [0.4, 0.5) is 4.39 Å². The Labute approximate surface area is 126 Å². The van der Waals surface area contributed by atoms with Crippen LogP contribution in [-0.4, -0.2) is 13.2 Å². The lowest BCUT2D eigenvalue weighted by Gasteiger charge is -2.12. The summed E-state index contributed by atoms with van der Waals surface area (Å²) in [5.74, 6) is 0.823. The fourth-order valence-electron chi connectivity index (χ4n) is 2.26. The molecule has 0 saturated heterocycles. The lowest BCUT2D eigenvalue weighted by atomic mass is 10.1. The van der Waals surface area contributed by atoms with Gasteiger partial charge in [-0.05, 0) is 44.0 Å². The van der Waals surface area contributed by atoms with Gasteiger partial charge in [0, 0.05) is 12.1 Å². The maximum absolute atomic E-state index is 13.4. The Morgan fingerprint density at radius 1 is 1.00 bits per heavy atom. The molecule has 0 heterocycles. The zero-order valence-electron chi connectivity index (χ0n) is 12.7. The Balaban J connectivity index is 1.68. The largest absolute Gasteiger partial charge is 0.493 e. The molecule has 0 aliphatic carbocycles. The molecule has 2 rings (SSSR count). The van der Waals surface area contributed by atoms with E-state index in [1.807, 2.05) is 12.1 Å². The Morgan fingerprint density at radius 3 is 2.43 bits per heavy atom. The molecule has 3 heteroatoms. The first-order valence-electron chi connectivity index (χ1n) is 7.31. The molecule has 0 fully saturated rings. The summed E-state index contributed by atoms with van der Waals surface area (Å²) in [5.41, 5.74) is 3.02. The number of hydrogen-bond acceptors (Lipinski definition) is 2. The molecule has 21 heavy (non-hydrogen) atoms. The van der Waals surface area contributed by atoms with Crippen LogP contribution >= 0.6 is 0 Å². The molecule has 0 aliphatic heterocycles.